The van der Waals surface area contributed by atoms with Crippen molar-refractivity contribution in [1.82, 2.24) is 9.80 Å². The third kappa shape index (κ3) is 4.59. The van der Waals surface area contributed by atoms with Crippen LogP contribution in [-0.4, -0.2) is 47.6 Å². The summed E-state index contributed by atoms with van der Waals surface area (Å²) in [6.45, 7) is 16.7. The molecular formula is C15H32N2. The van der Waals surface area contributed by atoms with Gasteiger partial charge < -0.3 is 4.90 Å². The average Bonchev–Trinajstić information content (AvgIpc) is 2.28. The van der Waals surface area contributed by atoms with Gasteiger partial charge in [0.25, 0.3) is 0 Å². The van der Waals surface area contributed by atoms with Crippen LogP contribution in [-0.2, 0) is 0 Å². The summed E-state index contributed by atoms with van der Waals surface area (Å²) in [6, 6.07) is 0.841. The van der Waals surface area contributed by atoms with Gasteiger partial charge in [0.15, 0.2) is 0 Å². The molecule has 1 heterocycles. The van der Waals surface area contributed by atoms with Crippen molar-refractivity contribution in [1.29, 1.82) is 0 Å². The molecule has 0 aromatic carbocycles. The maximum Gasteiger partial charge on any atom is 0.0125 e. The molecule has 0 amide bonds. The van der Waals surface area contributed by atoms with E-state index in [2.05, 4.69) is 44.4 Å². The smallest absolute Gasteiger partial charge is 0.0125 e. The lowest BCUT2D eigenvalue weighted by atomic mass is 9.97. The fourth-order valence-electron chi connectivity index (χ4n) is 2.95. The van der Waals surface area contributed by atoms with E-state index in [1.807, 2.05) is 0 Å². The molecule has 0 aromatic rings. The van der Waals surface area contributed by atoms with E-state index < -0.39 is 0 Å². The van der Waals surface area contributed by atoms with Crippen LogP contribution in [0.1, 0.15) is 60.3 Å². The van der Waals surface area contributed by atoms with Crippen LogP contribution in [0.2, 0.25) is 0 Å². The lowest BCUT2D eigenvalue weighted by Gasteiger charge is -2.44. The minimum atomic E-state index is 0.352. The van der Waals surface area contributed by atoms with Crippen molar-refractivity contribution < 1.29 is 0 Å². The summed E-state index contributed by atoms with van der Waals surface area (Å²) in [4.78, 5) is 5.36. The zero-order valence-corrected chi connectivity index (χ0v) is 12.6. The van der Waals surface area contributed by atoms with Crippen molar-refractivity contribution in [3.8, 4) is 0 Å². The number of hydrogen-bond donors (Lipinski definition) is 0. The minimum absolute atomic E-state index is 0.352. The van der Waals surface area contributed by atoms with E-state index in [0.717, 1.165) is 6.04 Å². The molecule has 0 saturated carbocycles. The molecule has 0 N–H and O–H groups in total. The summed E-state index contributed by atoms with van der Waals surface area (Å²) in [5, 5.41) is 0. The van der Waals surface area contributed by atoms with Crippen LogP contribution in [0.15, 0.2) is 0 Å². The first kappa shape index (κ1) is 15.0. The standard InChI is InChI=1S/C15H32N2/c1-6-10-16(11-7-2)14-8-12-17(13-9-14)15(3,4)5/h14H,6-13H2,1-5H3. The topological polar surface area (TPSA) is 6.48 Å². The third-order valence-corrected chi connectivity index (χ3v) is 3.95. The molecule has 0 aromatic heterocycles. The van der Waals surface area contributed by atoms with Gasteiger partial charge in [-0.15, -0.1) is 0 Å². The molecule has 1 aliphatic rings. The fraction of sp³-hybridized carbons (Fsp3) is 1.00. The number of rotatable bonds is 5. The van der Waals surface area contributed by atoms with Gasteiger partial charge >= 0.3 is 0 Å². The summed E-state index contributed by atoms with van der Waals surface area (Å²) in [5.74, 6) is 0. The van der Waals surface area contributed by atoms with Crippen molar-refractivity contribution >= 4 is 0 Å². The summed E-state index contributed by atoms with van der Waals surface area (Å²) >= 11 is 0. The molecular weight excluding hydrogens is 208 g/mol. The van der Waals surface area contributed by atoms with E-state index in [1.54, 1.807) is 0 Å². The van der Waals surface area contributed by atoms with Crippen LogP contribution in [0.3, 0.4) is 0 Å². The maximum atomic E-state index is 2.72. The largest absolute Gasteiger partial charge is 0.300 e. The molecule has 102 valence electrons. The second-order valence-corrected chi connectivity index (χ2v) is 6.43. The van der Waals surface area contributed by atoms with Crippen molar-refractivity contribution in [3.05, 3.63) is 0 Å². The van der Waals surface area contributed by atoms with Gasteiger partial charge in [-0.1, -0.05) is 13.8 Å². The van der Waals surface area contributed by atoms with Gasteiger partial charge in [-0.3, -0.25) is 4.90 Å². The van der Waals surface area contributed by atoms with E-state index in [-0.39, 0.29) is 0 Å². The maximum absolute atomic E-state index is 2.72. The molecule has 0 radical (unpaired) electrons. The SMILES string of the molecule is CCCN(CCC)C1CCN(C(C)(C)C)CC1. The van der Waals surface area contributed by atoms with Gasteiger partial charge in [0.2, 0.25) is 0 Å². The van der Waals surface area contributed by atoms with E-state index >= 15 is 0 Å². The Bertz CT molecular complexity index is 193. The Hall–Kier alpha value is -0.0800. The first-order chi connectivity index (χ1) is 7.99. The van der Waals surface area contributed by atoms with Gasteiger partial charge in [0, 0.05) is 24.7 Å². The van der Waals surface area contributed by atoms with Crippen LogP contribution in [0, 0.1) is 0 Å². The molecule has 0 unspecified atom stereocenters. The average molecular weight is 240 g/mol. The number of likely N-dealkylation sites (tertiary alicyclic amines) is 1. The molecule has 0 spiro atoms. The molecule has 0 aliphatic carbocycles. The zero-order valence-electron chi connectivity index (χ0n) is 12.6. The second kappa shape index (κ2) is 6.75. The number of piperidine rings is 1. The lowest BCUT2D eigenvalue weighted by Crippen LogP contribution is -2.51. The zero-order chi connectivity index (χ0) is 12.9. The molecule has 1 saturated heterocycles. The van der Waals surface area contributed by atoms with E-state index in [1.165, 1.54) is 51.9 Å². The second-order valence-electron chi connectivity index (χ2n) is 6.43. The van der Waals surface area contributed by atoms with Crippen molar-refractivity contribution in [3.63, 3.8) is 0 Å². The fourth-order valence-corrected chi connectivity index (χ4v) is 2.95. The molecule has 2 heteroatoms. The van der Waals surface area contributed by atoms with Crippen molar-refractivity contribution in [2.45, 2.75) is 71.9 Å². The normalized spacial score (nSPS) is 20.1. The Balaban J connectivity index is 2.43. The van der Waals surface area contributed by atoms with Crippen LogP contribution in [0.4, 0.5) is 0 Å². The van der Waals surface area contributed by atoms with Crippen LogP contribution >= 0.6 is 0 Å². The van der Waals surface area contributed by atoms with E-state index in [0.29, 0.717) is 5.54 Å². The van der Waals surface area contributed by atoms with Crippen LogP contribution in [0.25, 0.3) is 0 Å². The quantitative estimate of drug-likeness (QED) is 0.727. The minimum Gasteiger partial charge on any atom is -0.300 e. The lowest BCUT2D eigenvalue weighted by molar-refractivity contribution is 0.0562. The summed E-state index contributed by atoms with van der Waals surface area (Å²) < 4.78 is 0. The van der Waals surface area contributed by atoms with Crippen LogP contribution < -0.4 is 0 Å². The number of hydrogen-bond acceptors (Lipinski definition) is 2. The molecule has 0 bridgehead atoms. The summed E-state index contributed by atoms with van der Waals surface area (Å²) in [7, 11) is 0. The Kier molecular flexibility index (Phi) is 5.94. The molecule has 1 rings (SSSR count). The Labute approximate surface area is 108 Å². The highest BCUT2D eigenvalue weighted by Crippen LogP contribution is 2.23. The molecule has 1 fully saturated rings. The highest BCUT2D eigenvalue weighted by Gasteiger charge is 2.28. The molecule has 1 aliphatic heterocycles. The van der Waals surface area contributed by atoms with E-state index in [4.69, 9.17) is 0 Å². The third-order valence-electron chi connectivity index (χ3n) is 3.95. The highest BCUT2D eigenvalue weighted by atomic mass is 15.2. The molecule has 0 atom stereocenters. The monoisotopic (exact) mass is 240 g/mol. The first-order valence-electron chi connectivity index (χ1n) is 7.48. The van der Waals surface area contributed by atoms with Gasteiger partial charge in [-0.05, 0) is 59.5 Å². The van der Waals surface area contributed by atoms with Crippen LogP contribution in [0.5, 0.6) is 0 Å². The predicted octanol–water partition coefficient (Wildman–Crippen LogP) is 3.37. The van der Waals surface area contributed by atoms with Gasteiger partial charge in [0.05, 0.1) is 0 Å². The Morgan fingerprint density at radius 2 is 1.47 bits per heavy atom. The first-order valence-corrected chi connectivity index (χ1v) is 7.48. The molecule has 17 heavy (non-hydrogen) atoms. The highest BCUT2D eigenvalue weighted by molar-refractivity contribution is 4.85. The Morgan fingerprint density at radius 1 is 1.00 bits per heavy atom. The summed E-state index contributed by atoms with van der Waals surface area (Å²) in [5.41, 5.74) is 0.352. The van der Waals surface area contributed by atoms with Gasteiger partial charge in [-0.2, -0.15) is 0 Å². The van der Waals surface area contributed by atoms with Gasteiger partial charge in [0.1, 0.15) is 0 Å². The number of nitrogens with zero attached hydrogens (tertiary/aromatic N) is 2. The summed E-state index contributed by atoms with van der Waals surface area (Å²) in [6.07, 6.45) is 5.30. The van der Waals surface area contributed by atoms with Crippen molar-refractivity contribution in [2.24, 2.45) is 0 Å². The Morgan fingerprint density at radius 3 is 1.82 bits per heavy atom. The van der Waals surface area contributed by atoms with Gasteiger partial charge in [-0.25, -0.2) is 0 Å². The van der Waals surface area contributed by atoms with Crippen molar-refractivity contribution in [2.75, 3.05) is 26.2 Å². The molecule has 2 nitrogen and oxygen atoms in total. The predicted molar refractivity (Wildman–Crippen MR) is 76.5 cm³/mol. The van der Waals surface area contributed by atoms with E-state index in [9.17, 15) is 0 Å².